The van der Waals surface area contributed by atoms with E-state index in [1.165, 1.54) is 4.68 Å². The molecule has 3 N–H and O–H groups in total. The predicted octanol–water partition coefficient (Wildman–Crippen LogP) is 1.71. The first-order valence-electron chi connectivity index (χ1n) is 5.57. The van der Waals surface area contributed by atoms with Gasteiger partial charge in [-0.15, -0.1) is 0 Å². The fourth-order valence-electron chi connectivity index (χ4n) is 1.77. The Balaban J connectivity index is 2.03. The number of nitrogen functional groups attached to an aromatic ring is 1. The Morgan fingerprint density at radius 1 is 1.33 bits per heavy atom. The minimum absolute atomic E-state index is 0.0729. The van der Waals surface area contributed by atoms with Gasteiger partial charge >= 0.3 is 0 Å². The number of anilines is 1. The summed E-state index contributed by atoms with van der Waals surface area (Å²) in [5.74, 6) is 3.66. The molecule has 0 aliphatic heterocycles. The van der Waals surface area contributed by atoms with Crippen LogP contribution < -0.4 is 11.3 Å². The molecule has 1 aliphatic carbocycles. The van der Waals surface area contributed by atoms with Crippen LogP contribution >= 0.6 is 0 Å². The maximum absolute atomic E-state index is 13.6. The van der Waals surface area contributed by atoms with E-state index < -0.39 is 11.6 Å². The minimum atomic E-state index is -0.840. The van der Waals surface area contributed by atoms with Gasteiger partial charge in [0.1, 0.15) is 0 Å². The lowest BCUT2D eigenvalue weighted by atomic mass is 10.3. The van der Waals surface area contributed by atoms with Gasteiger partial charge in [-0.2, -0.15) is 5.10 Å². The van der Waals surface area contributed by atoms with E-state index in [1.807, 2.05) is 6.07 Å². The normalized spacial score (nSPS) is 14.8. The third-order valence-electron chi connectivity index (χ3n) is 2.87. The molecular formula is C11H11F2N5. The van der Waals surface area contributed by atoms with Crippen LogP contribution in [0.5, 0.6) is 0 Å². The van der Waals surface area contributed by atoms with E-state index in [0.29, 0.717) is 5.92 Å². The summed E-state index contributed by atoms with van der Waals surface area (Å²) in [7, 11) is 0. The van der Waals surface area contributed by atoms with E-state index in [9.17, 15) is 8.78 Å². The third-order valence-corrected chi connectivity index (χ3v) is 2.87. The van der Waals surface area contributed by atoms with E-state index in [-0.39, 0.29) is 11.6 Å². The number of halogens is 2. The van der Waals surface area contributed by atoms with Gasteiger partial charge < -0.3 is 5.43 Å². The van der Waals surface area contributed by atoms with Crippen molar-refractivity contribution in [1.82, 2.24) is 14.8 Å². The zero-order chi connectivity index (χ0) is 12.7. The Bertz CT molecular complexity index is 591. The van der Waals surface area contributed by atoms with Crippen LogP contribution in [0.3, 0.4) is 0 Å². The molecule has 0 spiro atoms. The van der Waals surface area contributed by atoms with E-state index in [0.717, 1.165) is 24.6 Å². The van der Waals surface area contributed by atoms with Gasteiger partial charge in [0.2, 0.25) is 0 Å². The zero-order valence-electron chi connectivity index (χ0n) is 9.40. The molecule has 2 aromatic heterocycles. The quantitative estimate of drug-likeness (QED) is 0.643. The summed E-state index contributed by atoms with van der Waals surface area (Å²) in [4.78, 5) is 3.77. The van der Waals surface area contributed by atoms with E-state index in [1.54, 1.807) is 6.20 Å². The molecule has 94 valence electrons. The summed E-state index contributed by atoms with van der Waals surface area (Å²) in [6.45, 7) is 0. The Labute approximate surface area is 102 Å². The number of hydrazine groups is 1. The average molecular weight is 251 g/mol. The molecule has 0 amide bonds. The highest BCUT2D eigenvalue weighted by Crippen LogP contribution is 2.39. The van der Waals surface area contributed by atoms with Gasteiger partial charge in [0.05, 0.1) is 5.69 Å². The molecule has 5 nitrogen and oxygen atoms in total. The molecule has 3 rings (SSSR count). The topological polar surface area (TPSA) is 68.8 Å². The van der Waals surface area contributed by atoms with Crippen molar-refractivity contribution in [3.8, 4) is 5.82 Å². The van der Waals surface area contributed by atoms with Crippen molar-refractivity contribution < 1.29 is 8.78 Å². The standard InChI is InChI=1S/C11H11F2N5/c12-7-5-8(13)11(15-10(7)16-14)18-4-3-9(17-18)6-1-2-6/h3-6H,1-2,14H2,(H,15,16). The number of hydrogen-bond donors (Lipinski definition) is 2. The predicted molar refractivity (Wildman–Crippen MR) is 61.1 cm³/mol. The molecule has 0 aromatic carbocycles. The second-order valence-electron chi connectivity index (χ2n) is 4.23. The van der Waals surface area contributed by atoms with Crippen molar-refractivity contribution in [2.75, 3.05) is 5.43 Å². The Morgan fingerprint density at radius 3 is 2.78 bits per heavy atom. The second kappa shape index (κ2) is 4.02. The van der Waals surface area contributed by atoms with Crippen LogP contribution in [0.25, 0.3) is 5.82 Å². The number of aromatic nitrogens is 3. The van der Waals surface area contributed by atoms with Gasteiger partial charge in [0.25, 0.3) is 0 Å². The second-order valence-corrected chi connectivity index (χ2v) is 4.23. The van der Waals surface area contributed by atoms with E-state index >= 15 is 0 Å². The fourth-order valence-corrected chi connectivity index (χ4v) is 1.77. The SMILES string of the molecule is NNc1nc(-n2ccc(C3CC3)n2)c(F)cc1F. The lowest BCUT2D eigenvalue weighted by molar-refractivity contribution is 0.562. The summed E-state index contributed by atoms with van der Waals surface area (Å²) in [6.07, 6.45) is 3.81. The summed E-state index contributed by atoms with van der Waals surface area (Å²) >= 11 is 0. The third kappa shape index (κ3) is 1.82. The van der Waals surface area contributed by atoms with Crippen molar-refractivity contribution in [2.45, 2.75) is 18.8 Å². The van der Waals surface area contributed by atoms with Crippen LogP contribution in [-0.2, 0) is 0 Å². The molecule has 1 aliphatic rings. The van der Waals surface area contributed by atoms with Gasteiger partial charge in [-0.1, -0.05) is 0 Å². The fraction of sp³-hybridized carbons (Fsp3) is 0.273. The molecule has 18 heavy (non-hydrogen) atoms. The Morgan fingerprint density at radius 2 is 2.11 bits per heavy atom. The monoisotopic (exact) mass is 251 g/mol. The Kier molecular flexibility index (Phi) is 2.48. The van der Waals surface area contributed by atoms with Gasteiger partial charge in [-0.3, -0.25) is 0 Å². The van der Waals surface area contributed by atoms with Crippen molar-refractivity contribution in [1.29, 1.82) is 0 Å². The van der Waals surface area contributed by atoms with E-state index in [4.69, 9.17) is 5.84 Å². The number of rotatable bonds is 3. The number of hydrogen-bond acceptors (Lipinski definition) is 4. The van der Waals surface area contributed by atoms with Gasteiger partial charge in [-0.05, 0) is 18.9 Å². The van der Waals surface area contributed by atoms with Crippen LogP contribution in [0.1, 0.15) is 24.5 Å². The van der Waals surface area contributed by atoms with E-state index in [2.05, 4.69) is 15.5 Å². The number of pyridine rings is 1. The Hall–Kier alpha value is -2.02. The van der Waals surface area contributed by atoms with Gasteiger partial charge in [-0.25, -0.2) is 24.3 Å². The van der Waals surface area contributed by atoms with Crippen LogP contribution in [0, 0.1) is 11.6 Å². The molecule has 7 heteroatoms. The van der Waals surface area contributed by atoms with Crippen LogP contribution in [0.15, 0.2) is 18.3 Å². The van der Waals surface area contributed by atoms with Gasteiger partial charge in [0.15, 0.2) is 23.3 Å². The first kappa shape index (κ1) is 11.1. The molecule has 2 aromatic rings. The molecule has 0 unspecified atom stereocenters. The molecule has 0 atom stereocenters. The van der Waals surface area contributed by atoms with Gasteiger partial charge in [0, 0.05) is 18.2 Å². The maximum atomic E-state index is 13.6. The molecule has 1 fully saturated rings. The summed E-state index contributed by atoms with van der Waals surface area (Å²) in [5.41, 5.74) is 2.99. The maximum Gasteiger partial charge on any atom is 0.191 e. The number of nitrogens with two attached hydrogens (primary N) is 1. The lowest BCUT2D eigenvalue weighted by Gasteiger charge is -2.06. The summed E-state index contributed by atoms with van der Waals surface area (Å²) in [5, 5.41) is 4.23. The van der Waals surface area contributed by atoms with Crippen molar-refractivity contribution in [3.63, 3.8) is 0 Å². The van der Waals surface area contributed by atoms with Crippen molar-refractivity contribution in [2.24, 2.45) is 5.84 Å². The molecule has 0 radical (unpaired) electrons. The average Bonchev–Trinajstić information content (AvgIpc) is 3.09. The first-order chi connectivity index (χ1) is 8.69. The highest BCUT2D eigenvalue weighted by Gasteiger charge is 2.26. The van der Waals surface area contributed by atoms with Crippen LogP contribution in [0.2, 0.25) is 0 Å². The summed E-state index contributed by atoms with van der Waals surface area (Å²) < 4.78 is 28.2. The zero-order valence-corrected chi connectivity index (χ0v) is 9.40. The van der Waals surface area contributed by atoms with Crippen molar-refractivity contribution in [3.05, 3.63) is 35.7 Å². The molecule has 1 saturated carbocycles. The summed E-state index contributed by atoms with van der Waals surface area (Å²) in [6, 6.07) is 2.55. The number of nitrogens with one attached hydrogen (secondary N) is 1. The number of nitrogens with zero attached hydrogens (tertiary/aromatic N) is 3. The largest absolute Gasteiger partial charge is 0.306 e. The highest BCUT2D eigenvalue weighted by atomic mass is 19.1. The highest BCUT2D eigenvalue weighted by molar-refractivity contribution is 5.41. The van der Waals surface area contributed by atoms with Crippen LogP contribution in [0.4, 0.5) is 14.6 Å². The molecular weight excluding hydrogens is 240 g/mol. The molecule has 0 bridgehead atoms. The lowest BCUT2D eigenvalue weighted by Crippen LogP contribution is -2.13. The smallest absolute Gasteiger partial charge is 0.191 e. The minimum Gasteiger partial charge on any atom is -0.306 e. The van der Waals surface area contributed by atoms with Crippen LogP contribution in [-0.4, -0.2) is 14.8 Å². The molecule has 2 heterocycles. The molecule has 0 saturated heterocycles. The first-order valence-corrected chi connectivity index (χ1v) is 5.57. The van der Waals surface area contributed by atoms with Crippen molar-refractivity contribution >= 4 is 5.82 Å².